The predicted molar refractivity (Wildman–Crippen MR) is 109 cm³/mol. The Kier molecular flexibility index (Phi) is 6.54. The highest BCUT2D eigenvalue weighted by molar-refractivity contribution is 5.78. The molecule has 4 atom stereocenters. The van der Waals surface area contributed by atoms with Gasteiger partial charge in [-0.2, -0.15) is 0 Å². The molecule has 1 aromatic rings. The summed E-state index contributed by atoms with van der Waals surface area (Å²) < 4.78 is 20.9. The summed E-state index contributed by atoms with van der Waals surface area (Å²) in [4.78, 5) is 12.5. The third kappa shape index (κ3) is 5.19. The second-order valence-corrected chi connectivity index (χ2v) is 9.06. The topological polar surface area (TPSA) is 62.2 Å². The molecular formula is C23H33FN2O2. The van der Waals surface area contributed by atoms with Gasteiger partial charge in [0.05, 0.1) is 6.61 Å². The monoisotopic (exact) mass is 388 g/mol. The molecule has 0 aromatic heterocycles. The Labute approximate surface area is 167 Å². The molecule has 1 saturated carbocycles. The van der Waals surface area contributed by atoms with Crippen LogP contribution in [0.15, 0.2) is 30.3 Å². The zero-order valence-electron chi connectivity index (χ0n) is 17.1. The van der Waals surface area contributed by atoms with Gasteiger partial charge in [0.25, 0.3) is 0 Å². The van der Waals surface area contributed by atoms with E-state index < -0.39 is 5.67 Å². The van der Waals surface area contributed by atoms with E-state index in [0.29, 0.717) is 50.8 Å². The number of nitrogens with one attached hydrogen (secondary N) is 2. The molecule has 0 spiro atoms. The van der Waals surface area contributed by atoms with Crippen LogP contribution in [-0.4, -0.2) is 36.5 Å². The van der Waals surface area contributed by atoms with E-state index in [0.717, 1.165) is 18.5 Å². The molecule has 5 heteroatoms. The average Bonchev–Trinajstić information content (AvgIpc) is 2.67. The number of ether oxygens (including phenoxy) is 1. The number of rotatable bonds is 7. The lowest BCUT2D eigenvalue weighted by molar-refractivity contribution is -0.149. The molecule has 1 aliphatic heterocycles. The molecule has 1 aromatic carbocycles. The van der Waals surface area contributed by atoms with E-state index >= 15 is 4.39 Å². The van der Waals surface area contributed by atoms with Crippen molar-refractivity contribution in [1.82, 2.24) is 5.32 Å². The molecule has 154 valence electrons. The number of alkyl halides is 1. The van der Waals surface area contributed by atoms with Gasteiger partial charge in [-0.05, 0) is 62.3 Å². The molecule has 1 saturated heterocycles. The van der Waals surface area contributed by atoms with Crippen LogP contribution in [-0.2, 0) is 16.0 Å². The van der Waals surface area contributed by atoms with Crippen LogP contribution < -0.4 is 5.32 Å². The van der Waals surface area contributed by atoms with Crippen LogP contribution in [0.1, 0.15) is 57.9 Å². The van der Waals surface area contributed by atoms with Crippen LogP contribution in [0.25, 0.3) is 0 Å². The van der Waals surface area contributed by atoms with Gasteiger partial charge in [-0.15, -0.1) is 0 Å². The van der Waals surface area contributed by atoms with Gasteiger partial charge in [0.15, 0.2) is 0 Å². The molecule has 2 N–H and O–H groups in total. The molecule has 1 heterocycles. The first-order valence-corrected chi connectivity index (χ1v) is 10.5. The van der Waals surface area contributed by atoms with E-state index in [1.54, 1.807) is 6.92 Å². The number of hydrogen-bond donors (Lipinski definition) is 2. The summed E-state index contributed by atoms with van der Waals surface area (Å²) in [6.07, 6.45) is 4.16. The van der Waals surface area contributed by atoms with Gasteiger partial charge in [0.2, 0.25) is 0 Å². The van der Waals surface area contributed by atoms with Crippen molar-refractivity contribution in [2.24, 2.45) is 11.3 Å². The summed E-state index contributed by atoms with van der Waals surface area (Å²) in [5.74, 6) is -0.0476. The summed E-state index contributed by atoms with van der Waals surface area (Å²) >= 11 is 0. The van der Waals surface area contributed by atoms with E-state index in [1.165, 1.54) is 0 Å². The third-order valence-electron chi connectivity index (χ3n) is 6.72. The van der Waals surface area contributed by atoms with Crippen molar-refractivity contribution in [2.45, 2.75) is 70.5 Å². The van der Waals surface area contributed by atoms with Crippen molar-refractivity contribution in [3.63, 3.8) is 0 Å². The second-order valence-electron chi connectivity index (χ2n) is 9.06. The Hall–Kier alpha value is -1.75. The molecule has 28 heavy (non-hydrogen) atoms. The van der Waals surface area contributed by atoms with Crippen molar-refractivity contribution in [1.29, 1.82) is 5.41 Å². The summed E-state index contributed by atoms with van der Waals surface area (Å²) in [6, 6.07) is 9.63. The van der Waals surface area contributed by atoms with Crippen LogP contribution >= 0.6 is 0 Å². The Morgan fingerprint density at radius 2 is 2.07 bits per heavy atom. The third-order valence-corrected chi connectivity index (χ3v) is 6.72. The molecule has 0 radical (unpaired) electrons. The van der Waals surface area contributed by atoms with Gasteiger partial charge in [-0.25, -0.2) is 4.39 Å². The fourth-order valence-electron chi connectivity index (χ4n) is 4.66. The Morgan fingerprint density at radius 1 is 1.32 bits per heavy atom. The highest BCUT2D eigenvalue weighted by Gasteiger charge is 2.50. The number of piperidine rings is 1. The minimum Gasteiger partial charge on any atom is -0.464 e. The maximum Gasteiger partial charge on any atom is 0.323 e. The lowest BCUT2D eigenvalue weighted by atomic mass is 9.59. The van der Waals surface area contributed by atoms with Crippen LogP contribution in [0.5, 0.6) is 0 Å². The quantitative estimate of drug-likeness (QED) is 0.535. The van der Waals surface area contributed by atoms with Crippen molar-refractivity contribution in [3.05, 3.63) is 35.9 Å². The maximum absolute atomic E-state index is 15.4. The Morgan fingerprint density at radius 3 is 2.79 bits per heavy atom. The molecule has 2 fully saturated rings. The predicted octanol–water partition coefficient (Wildman–Crippen LogP) is 4.47. The number of esters is 1. The van der Waals surface area contributed by atoms with Gasteiger partial charge < -0.3 is 15.5 Å². The maximum atomic E-state index is 15.4. The van der Waals surface area contributed by atoms with E-state index in [4.69, 9.17) is 10.1 Å². The van der Waals surface area contributed by atoms with Crippen LogP contribution in [0.4, 0.5) is 4.39 Å². The Bertz CT molecular complexity index is 695. The summed E-state index contributed by atoms with van der Waals surface area (Å²) in [5.41, 5.74) is 0.521. The zero-order valence-corrected chi connectivity index (χ0v) is 17.1. The number of halogens is 1. The standard InChI is InChI=1S/C23H33FN2O2/c1-17(25)8-10-23(24)12-11-22(2)16-26-20(14-19(22)15-23)21(27)28-13-9-18-6-4-3-5-7-18/h3-7,19-20,25-26H,8-16H2,1-2H3/t19?,20?,22?,23-/m1/s1. The molecule has 0 bridgehead atoms. The van der Waals surface area contributed by atoms with E-state index in [9.17, 15) is 4.79 Å². The second kappa shape index (κ2) is 8.73. The van der Waals surface area contributed by atoms with Crippen LogP contribution in [0, 0.1) is 16.7 Å². The minimum atomic E-state index is -1.20. The largest absolute Gasteiger partial charge is 0.464 e. The fourth-order valence-corrected chi connectivity index (χ4v) is 4.66. The number of carbonyl (C=O) groups excluding carboxylic acids is 1. The number of carbonyl (C=O) groups is 1. The SMILES string of the molecule is CC(=N)CC[C@@]1(F)CCC2(C)CNC(C(=O)OCCc3ccccc3)CC2C1. The first-order valence-electron chi connectivity index (χ1n) is 10.5. The number of hydrogen-bond acceptors (Lipinski definition) is 4. The summed E-state index contributed by atoms with van der Waals surface area (Å²) in [5, 5.41) is 11.0. The average molecular weight is 389 g/mol. The normalized spacial score (nSPS) is 32.4. The summed E-state index contributed by atoms with van der Waals surface area (Å²) in [7, 11) is 0. The number of fused-ring (bicyclic) bond motifs is 1. The molecule has 3 rings (SSSR count). The highest BCUT2D eigenvalue weighted by atomic mass is 19.1. The summed E-state index contributed by atoms with van der Waals surface area (Å²) in [6.45, 7) is 5.05. The van der Waals surface area contributed by atoms with Gasteiger partial charge in [-0.3, -0.25) is 4.79 Å². The minimum absolute atomic E-state index is 0.0378. The molecule has 4 nitrogen and oxygen atoms in total. The molecule has 1 aliphatic carbocycles. The van der Waals surface area contributed by atoms with Gasteiger partial charge in [0, 0.05) is 18.7 Å². The molecule has 3 unspecified atom stereocenters. The van der Waals surface area contributed by atoms with E-state index in [-0.39, 0.29) is 23.3 Å². The Balaban J connectivity index is 1.53. The van der Waals surface area contributed by atoms with Crippen molar-refractivity contribution in [3.8, 4) is 0 Å². The lowest BCUT2D eigenvalue weighted by Gasteiger charge is -2.51. The van der Waals surface area contributed by atoms with Crippen LogP contribution in [0.3, 0.4) is 0 Å². The molecule has 0 amide bonds. The first-order chi connectivity index (χ1) is 13.3. The van der Waals surface area contributed by atoms with Gasteiger partial charge >= 0.3 is 5.97 Å². The van der Waals surface area contributed by atoms with Crippen molar-refractivity contribution < 1.29 is 13.9 Å². The van der Waals surface area contributed by atoms with Gasteiger partial charge in [0.1, 0.15) is 11.7 Å². The highest BCUT2D eigenvalue weighted by Crippen LogP contribution is 2.51. The zero-order chi connectivity index (χ0) is 20.2. The van der Waals surface area contributed by atoms with Crippen molar-refractivity contribution >= 4 is 11.7 Å². The lowest BCUT2D eigenvalue weighted by Crippen LogP contribution is -2.57. The van der Waals surface area contributed by atoms with Crippen LogP contribution in [0.2, 0.25) is 0 Å². The number of benzene rings is 1. The fraction of sp³-hybridized carbons (Fsp3) is 0.652. The first kappa shape index (κ1) is 21.0. The molecular weight excluding hydrogens is 355 g/mol. The van der Waals surface area contributed by atoms with E-state index in [2.05, 4.69) is 12.2 Å². The van der Waals surface area contributed by atoms with Gasteiger partial charge in [-0.1, -0.05) is 37.3 Å². The molecule has 2 aliphatic rings. The van der Waals surface area contributed by atoms with E-state index in [1.807, 2.05) is 30.3 Å². The van der Waals surface area contributed by atoms with Crippen molar-refractivity contribution in [2.75, 3.05) is 13.2 Å². The smallest absolute Gasteiger partial charge is 0.323 e.